The number of non-ortho nitro benzene ring substituents is 1. The lowest BCUT2D eigenvalue weighted by Crippen LogP contribution is -1.88. The molecule has 1 N–H and O–H groups in total. The van der Waals surface area contributed by atoms with Gasteiger partial charge >= 0.3 is 5.08 Å². The summed E-state index contributed by atoms with van der Waals surface area (Å²) in [5.74, 6) is 0. The number of nitrogens with zero attached hydrogens (tertiary/aromatic N) is 3. The lowest BCUT2D eigenvalue weighted by atomic mass is 10.3. The zero-order valence-electron chi connectivity index (χ0n) is 5.97. The summed E-state index contributed by atoms with van der Waals surface area (Å²) in [6.07, 6.45) is 0. The van der Waals surface area contributed by atoms with Crippen molar-refractivity contribution in [3.05, 3.63) is 39.5 Å². The van der Waals surface area contributed by atoms with Crippen LogP contribution in [0.15, 0.2) is 24.3 Å². The predicted octanol–water partition coefficient (Wildman–Crippen LogP) is 1.77. The fraction of sp³-hybridized carbons (Fsp3) is 0. The summed E-state index contributed by atoms with van der Waals surface area (Å²) in [7, 11) is 0. The molecule has 1 aromatic rings. The molecule has 0 radical (unpaired) electrons. The van der Waals surface area contributed by atoms with Crippen molar-refractivity contribution in [2.45, 2.75) is 0 Å². The maximum absolute atomic E-state index is 10.2. The first-order valence-electron chi connectivity index (χ1n) is 3.08. The van der Waals surface area contributed by atoms with Crippen LogP contribution in [0.4, 0.5) is 11.4 Å². The van der Waals surface area contributed by atoms with Gasteiger partial charge in [0, 0.05) is 12.1 Å². The Morgan fingerprint density at radius 1 is 1.42 bits per heavy atom. The summed E-state index contributed by atoms with van der Waals surface area (Å²) >= 11 is 0. The smallest absolute Gasteiger partial charge is 0.258 e. The van der Waals surface area contributed by atoms with E-state index in [1.807, 2.05) is 0 Å². The molecule has 0 aliphatic rings. The van der Waals surface area contributed by atoms with E-state index in [1.54, 1.807) is 0 Å². The summed E-state index contributed by atoms with van der Waals surface area (Å²) in [4.78, 5) is 9.68. The average Bonchev–Trinajstić information content (AvgIpc) is 2.06. The molecule has 60 valence electrons. The van der Waals surface area contributed by atoms with Crippen molar-refractivity contribution in [2.24, 2.45) is 0 Å². The van der Waals surface area contributed by atoms with Crippen molar-refractivity contribution in [2.75, 3.05) is 5.43 Å². The van der Waals surface area contributed by atoms with Gasteiger partial charge in [-0.2, -0.15) is 0 Å². The molecule has 6 nitrogen and oxygen atoms in total. The van der Waals surface area contributed by atoms with E-state index in [1.165, 1.54) is 24.3 Å². The Labute approximate surface area is 67.6 Å². The quantitative estimate of drug-likeness (QED) is 0.411. The Morgan fingerprint density at radius 3 is 2.42 bits per heavy atom. The van der Waals surface area contributed by atoms with Crippen molar-refractivity contribution >= 4 is 11.4 Å². The van der Waals surface area contributed by atoms with Gasteiger partial charge in [0.1, 0.15) is 5.69 Å². The second-order valence-corrected chi connectivity index (χ2v) is 2.02. The Kier molecular flexibility index (Phi) is 2.18. The molecule has 0 unspecified atom stereocenters. The number of anilines is 1. The highest BCUT2D eigenvalue weighted by Gasteiger charge is 2.04. The molecule has 0 fully saturated rings. The topological polar surface area (TPSA) is 83.3 Å². The predicted molar refractivity (Wildman–Crippen MR) is 41.8 cm³/mol. The highest BCUT2D eigenvalue weighted by Crippen LogP contribution is 2.14. The molecule has 6 heteroatoms. The van der Waals surface area contributed by atoms with Crippen molar-refractivity contribution in [3.63, 3.8) is 0 Å². The van der Waals surface area contributed by atoms with Gasteiger partial charge in [-0.3, -0.25) is 10.1 Å². The minimum atomic E-state index is -0.500. The zero-order valence-corrected chi connectivity index (χ0v) is 5.97. The van der Waals surface area contributed by atoms with Gasteiger partial charge in [-0.1, -0.05) is 0 Å². The summed E-state index contributed by atoms with van der Waals surface area (Å²) in [6.45, 7) is 0. The van der Waals surface area contributed by atoms with E-state index in [4.69, 9.17) is 5.39 Å². The number of rotatable bonds is 2. The monoisotopic (exact) mass is 165 g/mol. The molecule has 0 aliphatic carbocycles. The second-order valence-electron chi connectivity index (χ2n) is 2.02. The highest BCUT2D eigenvalue weighted by molar-refractivity contribution is 5.48. The summed E-state index contributed by atoms with van der Waals surface area (Å²) < 4.78 is 0. The van der Waals surface area contributed by atoms with E-state index in [-0.39, 0.29) is 5.69 Å². The molecule has 12 heavy (non-hydrogen) atoms. The third-order valence-electron chi connectivity index (χ3n) is 1.26. The van der Waals surface area contributed by atoms with Crippen LogP contribution >= 0.6 is 0 Å². The Hall–Kier alpha value is -2.16. The van der Waals surface area contributed by atoms with Crippen LogP contribution in [-0.4, -0.2) is 4.92 Å². The summed E-state index contributed by atoms with van der Waals surface area (Å²) in [6, 6.07) is 5.51. The SMILES string of the molecule is N#[N+]Nc1ccc([N+](=O)[O-])cc1. The molecular formula is C6H5N4O2+. The van der Waals surface area contributed by atoms with Gasteiger partial charge in [0.2, 0.25) is 0 Å². The van der Waals surface area contributed by atoms with Crippen molar-refractivity contribution < 1.29 is 4.92 Å². The summed E-state index contributed by atoms with van der Waals surface area (Å²) in [5, 5.41) is 20.9. The Balaban J connectivity index is 2.87. The van der Waals surface area contributed by atoms with Crippen LogP contribution in [0.5, 0.6) is 0 Å². The number of benzene rings is 1. The average molecular weight is 165 g/mol. The molecule has 0 amide bonds. The van der Waals surface area contributed by atoms with Crippen LogP contribution < -0.4 is 5.43 Å². The number of nitro groups is 1. The lowest BCUT2D eigenvalue weighted by Gasteiger charge is -1.89. The molecule has 1 aromatic carbocycles. The van der Waals surface area contributed by atoms with E-state index in [0.717, 1.165) is 0 Å². The van der Waals surface area contributed by atoms with Gasteiger partial charge in [-0.05, 0) is 17.6 Å². The van der Waals surface area contributed by atoms with Crippen LogP contribution in [0.3, 0.4) is 0 Å². The van der Waals surface area contributed by atoms with Crippen LogP contribution in [0, 0.1) is 15.5 Å². The molecule has 0 aromatic heterocycles. The van der Waals surface area contributed by atoms with Crippen LogP contribution in [0.1, 0.15) is 0 Å². The highest BCUT2D eigenvalue weighted by atomic mass is 16.6. The minimum Gasteiger partial charge on any atom is -0.258 e. The molecule has 0 atom stereocenters. The first kappa shape index (κ1) is 7.94. The van der Waals surface area contributed by atoms with Crippen LogP contribution in [-0.2, 0) is 0 Å². The minimum absolute atomic E-state index is 0.00140. The summed E-state index contributed by atoms with van der Waals surface area (Å²) in [5.41, 5.74) is 2.72. The molecule has 0 saturated carbocycles. The van der Waals surface area contributed by atoms with Gasteiger partial charge in [0.15, 0.2) is 0 Å². The molecule has 0 saturated heterocycles. The Bertz CT molecular complexity index is 326. The third kappa shape index (κ3) is 1.67. The molecule has 1 rings (SSSR count). The van der Waals surface area contributed by atoms with Crippen molar-refractivity contribution in [3.8, 4) is 0 Å². The largest absolute Gasteiger partial charge is 0.308 e. The van der Waals surface area contributed by atoms with Crippen LogP contribution in [0.2, 0.25) is 0 Å². The van der Waals surface area contributed by atoms with E-state index in [2.05, 4.69) is 10.5 Å². The van der Waals surface area contributed by atoms with Crippen LogP contribution in [0.25, 0.3) is 5.08 Å². The third-order valence-corrected chi connectivity index (χ3v) is 1.26. The number of hydrogen-bond acceptors (Lipinski definition) is 4. The molecule has 0 heterocycles. The van der Waals surface area contributed by atoms with E-state index < -0.39 is 4.92 Å². The normalized spacial score (nSPS) is 8.58. The number of diazo groups is 1. The van der Waals surface area contributed by atoms with Gasteiger partial charge in [-0.15, -0.1) is 0 Å². The first-order chi connectivity index (χ1) is 5.74. The lowest BCUT2D eigenvalue weighted by molar-refractivity contribution is -0.384. The van der Waals surface area contributed by atoms with Crippen molar-refractivity contribution in [1.82, 2.24) is 0 Å². The number of nitrogens with one attached hydrogen (secondary N) is 1. The molecule has 0 aliphatic heterocycles. The Morgan fingerprint density at radius 2 is 2.00 bits per heavy atom. The van der Waals surface area contributed by atoms with Gasteiger partial charge in [-0.25, -0.2) is 0 Å². The fourth-order valence-corrected chi connectivity index (χ4v) is 0.715. The first-order valence-corrected chi connectivity index (χ1v) is 3.08. The number of nitro benzene ring substituents is 1. The van der Waals surface area contributed by atoms with E-state index >= 15 is 0 Å². The maximum Gasteiger partial charge on any atom is 0.308 e. The molecule has 0 bridgehead atoms. The van der Waals surface area contributed by atoms with Gasteiger partial charge in [0.25, 0.3) is 11.1 Å². The van der Waals surface area contributed by atoms with E-state index in [9.17, 15) is 10.1 Å². The fourth-order valence-electron chi connectivity index (χ4n) is 0.715. The number of hydrogen-bond donors (Lipinski definition) is 1. The maximum atomic E-state index is 10.2. The van der Waals surface area contributed by atoms with E-state index in [0.29, 0.717) is 5.69 Å². The standard InChI is InChI=1S/C6H5N4O2/c7-9-8-5-1-3-6(4-2-5)10(11)12/h1-4,8H/q+1. The van der Waals surface area contributed by atoms with Gasteiger partial charge < -0.3 is 0 Å². The zero-order chi connectivity index (χ0) is 8.97. The molecule has 0 spiro atoms. The van der Waals surface area contributed by atoms with Crippen molar-refractivity contribution in [1.29, 1.82) is 5.39 Å². The molecular weight excluding hydrogens is 160 g/mol. The van der Waals surface area contributed by atoms with Gasteiger partial charge in [0.05, 0.1) is 4.92 Å². The second kappa shape index (κ2) is 3.30.